The van der Waals surface area contributed by atoms with Crippen molar-refractivity contribution in [3.63, 3.8) is 0 Å². The summed E-state index contributed by atoms with van der Waals surface area (Å²) >= 11 is 1.74. The van der Waals surface area contributed by atoms with Gasteiger partial charge in [0.05, 0.1) is 18.2 Å². The Hall–Kier alpha value is -0.490. The van der Waals surface area contributed by atoms with Gasteiger partial charge < -0.3 is 14.8 Å². The molecule has 0 aromatic carbocycles. The Balaban J connectivity index is 2.04. The molecule has 4 nitrogen and oxygen atoms in total. The van der Waals surface area contributed by atoms with Crippen LogP contribution in [0.25, 0.3) is 0 Å². The van der Waals surface area contributed by atoms with Gasteiger partial charge in [-0.25, -0.2) is 4.98 Å². The lowest BCUT2D eigenvalue weighted by Crippen LogP contribution is -2.47. The van der Waals surface area contributed by atoms with Crippen LogP contribution in [0.15, 0.2) is 11.6 Å². The number of rotatable bonds is 6. The zero-order chi connectivity index (χ0) is 12.8. The Labute approximate surface area is 113 Å². The highest BCUT2D eigenvalue weighted by Gasteiger charge is 2.38. The summed E-state index contributed by atoms with van der Waals surface area (Å²) in [4.78, 5) is 4.52. The van der Waals surface area contributed by atoms with Crippen LogP contribution in [0.2, 0.25) is 0 Å². The van der Waals surface area contributed by atoms with Gasteiger partial charge in [-0.3, -0.25) is 0 Å². The van der Waals surface area contributed by atoms with Gasteiger partial charge in [0.15, 0.2) is 0 Å². The van der Waals surface area contributed by atoms with E-state index in [0.29, 0.717) is 6.10 Å². The van der Waals surface area contributed by atoms with Crippen molar-refractivity contribution in [2.24, 2.45) is 0 Å². The van der Waals surface area contributed by atoms with Gasteiger partial charge in [-0.1, -0.05) is 0 Å². The third-order valence-corrected chi connectivity index (χ3v) is 4.71. The molecule has 0 aliphatic heterocycles. The number of hydrogen-bond donors (Lipinski definition) is 1. The van der Waals surface area contributed by atoms with E-state index in [4.69, 9.17) is 9.47 Å². The lowest BCUT2D eigenvalue weighted by Gasteiger charge is -2.39. The van der Waals surface area contributed by atoms with Gasteiger partial charge in [-0.05, 0) is 25.7 Å². The minimum absolute atomic E-state index is 0.0295. The van der Waals surface area contributed by atoms with Crippen LogP contribution in [-0.2, 0) is 15.0 Å². The standard InChI is InChI=1S/C13H22N2O2S/c1-16-9-7-15-13(12-14-8-10-18-12)5-3-11(17-2)4-6-13/h8,10-11,15H,3-7,9H2,1-2H3. The lowest BCUT2D eigenvalue weighted by molar-refractivity contribution is 0.0383. The van der Waals surface area contributed by atoms with Crippen molar-refractivity contribution >= 4 is 11.3 Å². The van der Waals surface area contributed by atoms with Crippen LogP contribution in [0.4, 0.5) is 0 Å². The average molecular weight is 270 g/mol. The maximum absolute atomic E-state index is 5.46. The summed E-state index contributed by atoms with van der Waals surface area (Å²) < 4.78 is 10.6. The molecule has 1 aromatic rings. The maximum Gasteiger partial charge on any atom is 0.113 e. The first kappa shape index (κ1) is 13.9. The molecule has 1 fully saturated rings. The molecule has 1 aliphatic carbocycles. The molecule has 1 N–H and O–H groups in total. The monoisotopic (exact) mass is 270 g/mol. The van der Waals surface area contributed by atoms with E-state index in [-0.39, 0.29) is 5.54 Å². The molecule has 2 rings (SSSR count). The Bertz CT molecular complexity index is 329. The summed E-state index contributed by atoms with van der Waals surface area (Å²) in [7, 11) is 3.54. The van der Waals surface area contributed by atoms with E-state index in [1.165, 1.54) is 5.01 Å². The molecule has 1 saturated carbocycles. The molecule has 1 aromatic heterocycles. The molecule has 1 heterocycles. The fraction of sp³-hybridized carbons (Fsp3) is 0.769. The highest BCUT2D eigenvalue weighted by Crippen LogP contribution is 2.38. The second kappa shape index (κ2) is 6.61. The van der Waals surface area contributed by atoms with Crippen LogP contribution in [0.3, 0.4) is 0 Å². The topological polar surface area (TPSA) is 43.4 Å². The van der Waals surface area contributed by atoms with Crippen molar-refractivity contribution in [1.82, 2.24) is 10.3 Å². The zero-order valence-electron chi connectivity index (χ0n) is 11.1. The van der Waals surface area contributed by atoms with E-state index in [2.05, 4.69) is 15.7 Å². The average Bonchev–Trinajstić information content (AvgIpc) is 2.94. The Morgan fingerprint density at radius 2 is 2.22 bits per heavy atom. The van der Waals surface area contributed by atoms with Gasteiger partial charge >= 0.3 is 0 Å². The summed E-state index contributed by atoms with van der Waals surface area (Å²) in [5, 5.41) is 6.91. The summed E-state index contributed by atoms with van der Waals surface area (Å²) in [5.74, 6) is 0. The molecular weight excluding hydrogens is 248 g/mol. The van der Waals surface area contributed by atoms with Crippen molar-refractivity contribution < 1.29 is 9.47 Å². The molecule has 1 aliphatic rings. The molecule has 0 radical (unpaired) electrons. The summed E-state index contributed by atoms with van der Waals surface area (Å²) in [6, 6.07) is 0. The molecule has 0 spiro atoms. The van der Waals surface area contributed by atoms with E-state index in [0.717, 1.165) is 38.8 Å². The van der Waals surface area contributed by atoms with Gasteiger partial charge in [0, 0.05) is 32.3 Å². The lowest BCUT2D eigenvalue weighted by atomic mass is 9.80. The van der Waals surface area contributed by atoms with Gasteiger partial charge in [0.2, 0.25) is 0 Å². The summed E-state index contributed by atoms with van der Waals surface area (Å²) in [5.41, 5.74) is 0.0295. The first-order chi connectivity index (χ1) is 8.80. The van der Waals surface area contributed by atoms with Crippen LogP contribution < -0.4 is 5.32 Å². The number of methoxy groups -OCH3 is 2. The Kier molecular flexibility index (Phi) is 5.12. The third kappa shape index (κ3) is 3.09. The van der Waals surface area contributed by atoms with E-state index in [9.17, 15) is 0 Å². The van der Waals surface area contributed by atoms with E-state index in [1.807, 2.05) is 6.20 Å². The number of thiazole rings is 1. The molecule has 0 amide bonds. The number of aromatic nitrogens is 1. The molecular formula is C13H22N2O2S. The van der Waals surface area contributed by atoms with Gasteiger partial charge in [0.25, 0.3) is 0 Å². The fourth-order valence-corrected chi connectivity index (χ4v) is 3.51. The van der Waals surface area contributed by atoms with E-state index < -0.39 is 0 Å². The Morgan fingerprint density at radius 3 is 2.78 bits per heavy atom. The molecule has 5 heteroatoms. The number of ether oxygens (including phenoxy) is 2. The first-order valence-corrected chi connectivity index (χ1v) is 7.35. The molecule has 0 bridgehead atoms. The molecule has 102 valence electrons. The molecule has 0 saturated heterocycles. The van der Waals surface area contributed by atoms with Crippen molar-refractivity contribution in [2.45, 2.75) is 37.3 Å². The number of nitrogens with one attached hydrogen (secondary N) is 1. The van der Waals surface area contributed by atoms with Gasteiger partial charge in [0.1, 0.15) is 5.01 Å². The SMILES string of the molecule is COCCNC1(c2nccs2)CCC(OC)CC1. The zero-order valence-corrected chi connectivity index (χ0v) is 12.0. The maximum atomic E-state index is 5.46. The number of nitrogens with zero attached hydrogens (tertiary/aromatic N) is 1. The third-order valence-electron chi connectivity index (χ3n) is 3.73. The minimum atomic E-state index is 0.0295. The van der Waals surface area contributed by atoms with Crippen LogP contribution >= 0.6 is 11.3 Å². The smallest absolute Gasteiger partial charge is 0.113 e. The van der Waals surface area contributed by atoms with Crippen molar-refractivity contribution in [3.05, 3.63) is 16.6 Å². The summed E-state index contributed by atoms with van der Waals surface area (Å²) in [6.45, 7) is 1.61. The number of hydrogen-bond acceptors (Lipinski definition) is 5. The van der Waals surface area contributed by atoms with Crippen LogP contribution in [0, 0.1) is 0 Å². The van der Waals surface area contributed by atoms with Gasteiger partial charge in [-0.2, -0.15) is 0 Å². The highest BCUT2D eigenvalue weighted by atomic mass is 32.1. The van der Waals surface area contributed by atoms with Crippen molar-refractivity contribution in [1.29, 1.82) is 0 Å². The predicted molar refractivity (Wildman–Crippen MR) is 72.9 cm³/mol. The van der Waals surface area contributed by atoms with Crippen molar-refractivity contribution in [2.75, 3.05) is 27.4 Å². The van der Waals surface area contributed by atoms with E-state index >= 15 is 0 Å². The predicted octanol–water partition coefficient (Wildman–Crippen LogP) is 2.16. The second-order valence-corrected chi connectivity index (χ2v) is 5.67. The first-order valence-electron chi connectivity index (χ1n) is 6.47. The molecule has 0 unspecified atom stereocenters. The van der Waals surface area contributed by atoms with Crippen LogP contribution in [0.5, 0.6) is 0 Å². The summed E-state index contributed by atoms with van der Waals surface area (Å²) in [6.07, 6.45) is 6.65. The minimum Gasteiger partial charge on any atom is -0.383 e. The largest absolute Gasteiger partial charge is 0.383 e. The quantitative estimate of drug-likeness (QED) is 0.805. The van der Waals surface area contributed by atoms with Gasteiger partial charge in [-0.15, -0.1) is 11.3 Å². The van der Waals surface area contributed by atoms with Crippen LogP contribution in [0.1, 0.15) is 30.7 Å². The fourth-order valence-electron chi connectivity index (χ4n) is 2.64. The molecule has 0 atom stereocenters. The normalized spacial score (nSPS) is 28.4. The van der Waals surface area contributed by atoms with E-state index in [1.54, 1.807) is 25.6 Å². The highest BCUT2D eigenvalue weighted by molar-refractivity contribution is 7.09. The van der Waals surface area contributed by atoms with Crippen molar-refractivity contribution in [3.8, 4) is 0 Å². The molecule has 18 heavy (non-hydrogen) atoms. The van der Waals surface area contributed by atoms with Crippen LogP contribution in [-0.4, -0.2) is 38.5 Å². The second-order valence-electron chi connectivity index (χ2n) is 4.77. The Morgan fingerprint density at radius 1 is 1.44 bits per heavy atom.